The molecule has 0 spiro atoms. The molecule has 0 unspecified atom stereocenters. The van der Waals surface area contributed by atoms with E-state index in [1.807, 2.05) is 0 Å². The highest BCUT2D eigenvalue weighted by molar-refractivity contribution is 7.88. The van der Waals surface area contributed by atoms with E-state index in [0.717, 1.165) is 0 Å². The van der Waals surface area contributed by atoms with E-state index in [-0.39, 0.29) is 0 Å². The molecule has 0 atom stereocenters. The molecule has 0 heterocycles. The summed E-state index contributed by atoms with van der Waals surface area (Å²) in [6, 6.07) is 4.31. The molecule has 0 amide bonds. The molecule has 1 rings (SSSR count). The van der Waals surface area contributed by atoms with Gasteiger partial charge in [-0.2, -0.15) is 0 Å². The Hall–Kier alpha value is -0.780. The molecule has 0 aliphatic carbocycles. The Morgan fingerprint density at radius 2 is 1.55 bits per heavy atom. The zero-order chi connectivity index (χ0) is 8.43. The van der Waals surface area contributed by atoms with Gasteiger partial charge in [-0.05, 0) is 31.9 Å². The van der Waals surface area contributed by atoms with Crippen LogP contribution in [0.15, 0.2) is 17.0 Å². The Bertz CT molecular complexity index is 295. The van der Waals surface area contributed by atoms with Crippen LogP contribution in [0.1, 0.15) is 16.7 Å². The zero-order valence-electron chi connectivity index (χ0n) is 7.14. The normalized spacial score (nSPS) is 9.64. The molecular formula is C10H12S. The molecular weight excluding hydrogens is 152 g/mol. The van der Waals surface area contributed by atoms with Crippen molar-refractivity contribution in [1.82, 2.24) is 0 Å². The van der Waals surface area contributed by atoms with Crippen molar-refractivity contribution < 1.29 is 0 Å². The highest BCUT2D eigenvalue weighted by Gasteiger charge is 1.98. The van der Waals surface area contributed by atoms with Crippen LogP contribution in [0.4, 0.5) is 0 Å². The van der Waals surface area contributed by atoms with Gasteiger partial charge < -0.3 is 0 Å². The second kappa shape index (κ2) is 3.08. The van der Waals surface area contributed by atoms with Crippen molar-refractivity contribution in [2.45, 2.75) is 25.7 Å². The van der Waals surface area contributed by atoms with Crippen molar-refractivity contribution in [2.24, 2.45) is 0 Å². The molecule has 0 N–H and O–H groups in total. The lowest BCUT2D eigenvalue weighted by Crippen LogP contribution is -1.84. The summed E-state index contributed by atoms with van der Waals surface area (Å²) in [6.07, 6.45) is 0. The average molecular weight is 164 g/mol. The molecule has 0 aliphatic heterocycles. The Balaban J connectivity index is 3.40. The van der Waals surface area contributed by atoms with E-state index >= 15 is 0 Å². The molecule has 11 heavy (non-hydrogen) atoms. The Kier molecular flexibility index (Phi) is 2.33. The van der Waals surface area contributed by atoms with Crippen molar-refractivity contribution in [3.05, 3.63) is 28.8 Å². The van der Waals surface area contributed by atoms with Crippen LogP contribution in [0.25, 0.3) is 0 Å². The van der Waals surface area contributed by atoms with Crippen LogP contribution >= 0.6 is 11.2 Å². The average Bonchev–Trinajstić information content (AvgIpc) is 1.85. The summed E-state index contributed by atoms with van der Waals surface area (Å²) in [4.78, 5) is 1.20. The number of rotatable bonds is 0. The minimum absolute atomic E-state index is 1.20. The lowest BCUT2D eigenvalue weighted by atomic mass is 10.1. The molecule has 0 saturated carbocycles. The van der Waals surface area contributed by atoms with E-state index in [4.69, 9.17) is 5.69 Å². The molecule has 0 fully saturated rings. The van der Waals surface area contributed by atoms with Gasteiger partial charge in [-0.3, -0.25) is 0 Å². The van der Waals surface area contributed by atoms with Crippen LogP contribution in [0.2, 0.25) is 0 Å². The number of hydrogen-bond donors (Lipinski definition) is 0. The Labute approximate surface area is 71.9 Å². The lowest BCUT2D eigenvalue weighted by Gasteiger charge is -2.03. The maximum absolute atomic E-state index is 5.52. The van der Waals surface area contributed by atoms with Crippen LogP contribution in [0.3, 0.4) is 0 Å². The Morgan fingerprint density at radius 3 is 1.91 bits per heavy atom. The van der Waals surface area contributed by atoms with E-state index in [9.17, 15) is 0 Å². The maximum atomic E-state index is 5.52. The van der Waals surface area contributed by atoms with Gasteiger partial charge in [-0.15, -0.1) is 16.9 Å². The standard InChI is InChI=1S/C10H12S/c1-7-5-8(2)10(11-4)9(3)6-7/h4-6H,1-3H3. The number of hydrogen-bond acceptors (Lipinski definition) is 0. The summed E-state index contributed by atoms with van der Waals surface area (Å²) < 4.78 is 0. The fourth-order valence-electron chi connectivity index (χ4n) is 1.35. The van der Waals surface area contributed by atoms with Crippen LogP contribution in [0, 0.1) is 26.5 Å². The van der Waals surface area contributed by atoms with Crippen LogP contribution in [-0.2, 0) is 0 Å². The van der Waals surface area contributed by atoms with Gasteiger partial charge in [0.2, 0.25) is 0 Å². The van der Waals surface area contributed by atoms with E-state index in [1.54, 1.807) is 0 Å². The van der Waals surface area contributed by atoms with Crippen molar-refractivity contribution in [2.75, 3.05) is 0 Å². The first-order valence-corrected chi connectivity index (χ1v) is 4.47. The van der Waals surface area contributed by atoms with Gasteiger partial charge in [0, 0.05) is 4.90 Å². The highest BCUT2D eigenvalue weighted by atomic mass is 32.1. The minimum atomic E-state index is 1.20. The number of aryl methyl sites for hydroxylation is 3. The molecule has 1 heteroatoms. The molecule has 0 radical (unpaired) electrons. The topological polar surface area (TPSA) is 0 Å². The summed E-state index contributed by atoms with van der Waals surface area (Å²) in [5.74, 6) is 0. The van der Waals surface area contributed by atoms with Gasteiger partial charge in [-0.25, -0.2) is 0 Å². The van der Waals surface area contributed by atoms with E-state index in [1.165, 1.54) is 32.8 Å². The van der Waals surface area contributed by atoms with Gasteiger partial charge in [0.25, 0.3) is 0 Å². The molecule has 1 aromatic rings. The Morgan fingerprint density at radius 1 is 1.09 bits per heavy atom. The van der Waals surface area contributed by atoms with E-state index in [2.05, 4.69) is 32.9 Å². The maximum Gasteiger partial charge on any atom is 0.0406 e. The quantitative estimate of drug-likeness (QED) is 0.552. The monoisotopic (exact) mass is 164 g/mol. The molecule has 0 bridgehead atoms. The second-order valence-electron chi connectivity index (χ2n) is 2.85. The molecule has 0 aromatic heterocycles. The first-order valence-electron chi connectivity index (χ1n) is 3.59. The van der Waals surface area contributed by atoms with Crippen molar-refractivity contribution in [3.8, 4) is 5.69 Å². The van der Waals surface area contributed by atoms with Gasteiger partial charge >= 0.3 is 0 Å². The first kappa shape index (κ1) is 8.32. The summed E-state index contributed by atoms with van der Waals surface area (Å²) in [6.45, 7) is 6.29. The zero-order valence-corrected chi connectivity index (χ0v) is 7.96. The smallest absolute Gasteiger partial charge is 0.0406 e. The third kappa shape index (κ3) is 1.62. The van der Waals surface area contributed by atoms with Gasteiger partial charge in [0.15, 0.2) is 0 Å². The molecule has 58 valence electrons. The fourth-order valence-corrected chi connectivity index (χ4v) is 1.84. The molecule has 0 nitrogen and oxygen atoms in total. The highest BCUT2D eigenvalue weighted by Crippen LogP contribution is 2.20. The van der Waals surface area contributed by atoms with Gasteiger partial charge in [0.1, 0.15) is 0 Å². The largest absolute Gasteiger partial charge is 0.102 e. The van der Waals surface area contributed by atoms with E-state index in [0.29, 0.717) is 0 Å². The fraction of sp³-hybridized carbons (Fsp3) is 0.300. The van der Waals surface area contributed by atoms with Gasteiger partial charge in [-0.1, -0.05) is 17.7 Å². The lowest BCUT2D eigenvalue weighted by molar-refractivity contribution is 1.19. The van der Waals surface area contributed by atoms with Gasteiger partial charge in [0.05, 0.1) is 0 Å². The predicted octanol–water partition coefficient (Wildman–Crippen LogP) is 3.29. The van der Waals surface area contributed by atoms with Crippen molar-refractivity contribution in [3.63, 3.8) is 0 Å². The molecule has 0 saturated heterocycles. The molecule has 0 aliphatic rings. The van der Waals surface area contributed by atoms with E-state index < -0.39 is 0 Å². The van der Waals surface area contributed by atoms with Crippen LogP contribution in [0.5, 0.6) is 0 Å². The first-order chi connectivity index (χ1) is 5.15. The van der Waals surface area contributed by atoms with Crippen LogP contribution in [-0.4, -0.2) is 0 Å². The second-order valence-corrected chi connectivity index (χ2v) is 3.49. The van der Waals surface area contributed by atoms with Crippen molar-refractivity contribution in [1.29, 1.82) is 0 Å². The molecule has 1 aromatic carbocycles. The number of benzene rings is 1. The van der Waals surface area contributed by atoms with Crippen molar-refractivity contribution >= 4 is 11.2 Å². The predicted molar refractivity (Wildman–Crippen MR) is 51.5 cm³/mol. The van der Waals surface area contributed by atoms with Crippen LogP contribution < -0.4 is 0 Å². The third-order valence-corrected chi connectivity index (χ3v) is 2.60. The summed E-state index contributed by atoms with van der Waals surface area (Å²) >= 11 is 1.33. The SMILES string of the molecule is C#Sc1c(C)cc(C)cc1C. The summed E-state index contributed by atoms with van der Waals surface area (Å²) in [5, 5.41) is 0. The minimum Gasteiger partial charge on any atom is -0.102 e. The third-order valence-electron chi connectivity index (χ3n) is 1.72. The summed E-state index contributed by atoms with van der Waals surface area (Å²) in [7, 11) is 0. The summed E-state index contributed by atoms with van der Waals surface area (Å²) in [5.41, 5.74) is 9.37.